The first-order valence-electron chi connectivity index (χ1n) is 3.39. The van der Waals surface area contributed by atoms with Gasteiger partial charge in [0.2, 0.25) is 0 Å². The van der Waals surface area contributed by atoms with Gasteiger partial charge in [-0.05, 0) is 0 Å². The van der Waals surface area contributed by atoms with Gasteiger partial charge in [-0.1, -0.05) is 6.08 Å². The minimum absolute atomic E-state index is 0.407. The number of carbonyl (C=O) groups is 2. The molecule has 0 aliphatic carbocycles. The van der Waals surface area contributed by atoms with Crippen LogP contribution in [0, 0.1) is 0 Å². The lowest BCUT2D eigenvalue weighted by atomic mass is 10.8. The summed E-state index contributed by atoms with van der Waals surface area (Å²) in [7, 11) is -1.81. The predicted molar refractivity (Wildman–Crippen MR) is 44.3 cm³/mol. The van der Waals surface area contributed by atoms with Gasteiger partial charge in [0.05, 0.1) is 0 Å². The third kappa shape index (κ3) is 5.66. The fraction of sp³-hybridized carbons (Fsp3) is 0.429. The minimum Gasteiger partial charge on any atom is -0.483 e. The van der Waals surface area contributed by atoms with Crippen molar-refractivity contribution >= 4 is 21.2 Å². The topological polar surface area (TPSA) is 52.6 Å². The van der Waals surface area contributed by atoms with Gasteiger partial charge in [-0.15, -0.1) is 6.58 Å². The second kappa shape index (κ2) is 5.53. The minimum atomic E-state index is -1.81. The Morgan fingerprint density at radius 2 is 1.75 bits per heavy atom. The van der Waals surface area contributed by atoms with E-state index in [1.54, 1.807) is 6.08 Å². The second-order valence-electron chi connectivity index (χ2n) is 2.05. The molecule has 0 bridgehead atoms. The lowest BCUT2D eigenvalue weighted by molar-refractivity contribution is -0.137. The molecule has 67 valence electrons. The third-order valence-electron chi connectivity index (χ3n) is 0.826. The molecule has 0 aromatic rings. The predicted octanol–water partition coefficient (Wildman–Crippen LogP) is 0.787. The zero-order chi connectivity index (χ0) is 9.56. The number of rotatable bonds is 4. The van der Waals surface area contributed by atoms with Crippen molar-refractivity contribution in [2.75, 3.05) is 0 Å². The van der Waals surface area contributed by atoms with Crippen molar-refractivity contribution in [3.63, 3.8) is 0 Å². The Morgan fingerprint density at radius 3 is 2.00 bits per heavy atom. The number of hydrogen-bond acceptors (Lipinski definition) is 4. The number of allylic oxidation sites excluding steroid dienone is 1. The highest BCUT2D eigenvalue weighted by molar-refractivity contribution is 6.49. The normalized spacial score (nSPS) is 9.25. The van der Waals surface area contributed by atoms with Gasteiger partial charge < -0.3 is 8.85 Å². The van der Waals surface area contributed by atoms with Crippen LogP contribution in [0.15, 0.2) is 12.7 Å². The summed E-state index contributed by atoms with van der Waals surface area (Å²) in [6, 6.07) is 0.407. The summed E-state index contributed by atoms with van der Waals surface area (Å²) >= 11 is 0. The summed E-state index contributed by atoms with van der Waals surface area (Å²) in [5, 5.41) is 0. The molecule has 0 aliphatic rings. The monoisotopic (exact) mass is 187 g/mol. The molecule has 0 aliphatic heterocycles. The van der Waals surface area contributed by atoms with Crippen molar-refractivity contribution < 1.29 is 18.4 Å². The Kier molecular flexibility index (Phi) is 5.03. The molecule has 0 aromatic carbocycles. The largest absolute Gasteiger partial charge is 0.540 e. The van der Waals surface area contributed by atoms with E-state index < -0.39 is 21.2 Å². The van der Waals surface area contributed by atoms with Crippen molar-refractivity contribution in [1.82, 2.24) is 0 Å². The van der Waals surface area contributed by atoms with Crippen LogP contribution in [0.4, 0.5) is 0 Å². The first kappa shape index (κ1) is 10.9. The van der Waals surface area contributed by atoms with Gasteiger partial charge in [0.15, 0.2) is 0 Å². The lowest BCUT2D eigenvalue weighted by Crippen LogP contribution is -2.26. The average molecular weight is 187 g/mol. The third-order valence-corrected chi connectivity index (χ3v) is 2.48. The number of hydrogen-bond donors (Lipinski definition) is 0. The maximum absolute atomic E-state index is 10.5. The van der Waals surface area contributed by atoms with Crippen molar-refractivity contribution in [1.29, 1.82) is 0 Å². The van der Waals surface area contributed by atoms with E-state index in [1.165, 1.54) is 13.8 Å². The Morgan fingerprint density at radius 1 is 1.33 bits per heavy atom. The summed E-state index contributed by atoms with van der Waals surface area (Å²) in [4.78, 5) is 21.0. The van der Waals surface area contributed by atoms with Crippen molar-refractivity contribution in [2.45, 2.75) is 19.9 Å². The smallest absolute Gasteiger partial charge is 0.483 e. The van der Waals surface area contributed by atoms with E-state index in [4.69, 9.17) is 8.85 Å². The summed E-state index contributed by atoms with van der Waals surface area (Å²) in [6.45, 7) is 6.01. The van der Waals surface area contributed by atoms with Crippen molar-refractivity contribution in [3.05, 3.63) is 12.7 Å². The molecule has 0 fully saturated rings. The first-order valence-corrected chi connectivity index (χ1v) is 4.92. The van der Waals surface area contributed by atoms with E-state index in [0.29, 0.717) is 6.04 Å². The van der Waals surface area contributed by atoms with Crippen molar-refractivity contribution in [3.8, 4) is 0 Å². The zero-order valence-corrected chi connectivity index (χ0v) is 8.12. The highest BCUT2D eigenvalue weighted by atomic mass is 28.3. The fourth-order valence-corrected chi connectivity index (χ4v) is 1.63. The summed E-state index contributed by atoms with van der Waals surface area (Å²) in [5.41, 5.74) is 0. The molecule has 0 saturated heterocycles. The molecule has 0 atom stereocenters. The maximum Gasteiger partial charge on any atom is 0.540 e. The second-order valence-corrected chi connectivity index (χ2v) is 3.61. The summed E-state index contributed by atoms with van der Waals surface area (Å²) in [5.74, 6) is -0.876. The molecule has 0 unspecified atom stereocenters. The molecule has 0 heterocycles. The molecule has 12 heavy (non-hydrogen) atoms. The van der Waals surface area contributed by atoms with Crippen molar-refractivity contribution in [2.24, 2.45) is 0 Å². The van der Waals surface area contributed by atoms with Crippen LogP contribution in [-0.2, 0) is 18.4 Å². The number of carbonyl (C=O) groups excluding carboxylic acids is 2. The van der Waals surface area contributed by atoms with Crippen LogP contribution in [-0.4, -0.2) is 21.2 Å². The molecule has 1 radical (unpaired) electrons. The van der Waals surface area contributed by atoms with Gasteiger partial charge in [0.1, 0.15) is 0 Å². The standard InChI is InChI=1S/C7H11O4Si/c1-4-5-12(10-6(2)8)11-7(3)9/h4H,1,5H2,2-3H3. The molecular weight excluding hydrogens is 176 g/mol. The highest BCUT2D eigenvalue weighted by Crippen LogP contribution is 1.98. The Bertz CT molecular complexity index is 174. The van der Waals surface area contributed by atoms with Gasteiger partial charge in [-0.25, -0.2) is 0 Å². The first-order chi connectivity index (χ1) is 5.56. The van der Waals surface area contributed by atoms with E-state index >= 15 is 0 Å². The van der Waals surface area contributed by atoms with Gasteiger partial charge in [-0.2, -0.15) is 0 Å². The molecule has 4 nitrogen and oxygen atoms in total. The maximum atomic E-state index is 10.5. The highest BCUT2D eigenvalue weighted by Gasteiger charge is 2.20. The lowest BCUT2D eigenvalue weighted by Gasteiger charge is -2.09. The van der Waals surface area contributed by atoms with E-state index in [1.807, 2.05) is 0 Å². The van der Waals surface area contributed by atoms with Gasteiger partial charge in [0.25, 0.3) is 11.9 Å². The zero-order valence-electron chi connectivity index (χ0n) is 7.12. The van der Waals surface area contributed by atoms with Crippen LogP contribution < -0.4 is 0 Å². The van der Waals surface area contributed by atoms with Gasteiger partial charge >= 0.3 is 9.28 Å². The molecule has 0 spiro atoms. The molecular formula is C7H11O4Si. The van der Waals surface area contributed by atoms with E-state index in [9.17, 15) is 9.59 Å². The van der Waals surface area contributed by atoms with Gasteiger partial charge in [0, 0.05) is 19.9 Å². The van der Waals surface area contributed by atoms with E-state index in [2.05, 4.69) is 6.58 Å². The van der Waals surface area contributed by atoms with E-state index in [-0.39, 0.29) is 0 Å². The Labute approximate surface area is 73.0 Å². The van der Waals surface area contributed by atoms with E-state index in [0.717, 1.165) is 0 Å². The molecule has 5 heteroatoms. The molecule has 0 aromatic heterocycles. The van der Waals surface area contributed by atoms with Crippen LogP contribution in [0.5, 0.6) is 0 Å². The van der Waals surface area contributed by atoms with Crippen LogP contribution >= 0.6 is 0 Å². The SMILES string of the molecule is C=CC[Si](OC(C)=O)OC(C)=O. The van der Waals surface area contributed by atoms with Crippen LogP contribution in [0.25, 0.3) is 0 Å². The van der Waals surface area contributed by atoms with Crippen LogP contribution in [0.1, 0.15) is 13.8 Å². The Balaban J connectivity index is 3.93. The fourth-order valence-electron chi connectivity index (χ4n) is 0.543. The molecule has 0 rings (SSSR count). The average Bonchev–Trinajstić information content (AvgIpc) is 1.84. The van der Waals surface area contributed by atoms with Crippen LogP contribution in [0.2, 0.25) is 6.04 Å². The summed E-state index contributed by atoms with van der Waals surface area (Å²) in [6.07, 6.45) is 1.56. The summed E-state index contributed by atoms with van der Waals surface area (Å²) < 4.78 is 9.50. The molecule has 0 N–H and O–H groups in total. The van der Waals surface area contributed by atoms with Gasteiger partial charge in [-0.3, -0.25) is 9.59 Å². The van der Waals surface area contributed by atoms with Crippen LogP contribution in [0.3, 0.4) is 0 Å². The quantitative estimate of drug-likeness (QED) is 0.482. The molecule has 0 amide bonds. The molecule has 0 saturated carbocycles. The Hall–Kier alpha value is -1.10.